The van der Waals surface area contributed by atoms with Crippen LogP contribution in [0.4, 0.5) is 18.9 Å². The second kappa shape index (κ2) is 16.7. The second-order valence-corrected chi connectivity index (χ2v) is 17.4. The van der Waals surface area contributed by atoms with Gasteiger partial charge in [0.25, 0.3) is 0 Å². The van der Waals surface area contributed by atoms with Crippen LogP contribution >= 0.6 is 0 Å². The summed E-state index contributed by atoms with van der Waals surface area (Å²) < 4.78 is 47.8. The zero-order valence-corrected chi connectivity index (χ0v) is 37.3. The third-order valence-electron chi connectivity index (χ3n) is 13.4. The molecule has 12 aromatic rings. The molecule has 0 amide bonds. The number of hydrogen-bond acceptors (Lipinski definition) is 1. The van der Waals surface area contributed by atoms with Gasteiger partial charge >= 0.3 is 6.18 Å². The van der Waals surface area contributed by atoms with Gasteiger partial charge in [-0.2, -0.15) is 18.4 Å². The van der Waals surface area contributed by atoms with E-state index in [1.165, 1.54) is 6.07 Å². The molecule has 0 radical (unpaired) electrons. The highest BCUT2D eigenvalue weighted by Crippen LogP contribution is 2.48. The van der Waals surface area contributed by atoms with Gasteiger partial charge in [-0.25, -0.2) is 4.85 Å². The third-order valence-corrected chi connectivity index (χ3v) is 13.4. The van der Waals surface area contributed by atoms with E-state index in [0.29, 0.717) is 28.1 Å². The lowest BCUT2D eigenvalue weighted by atomic mass is 9.95. The number of nitriles is 1. The number of aromatic nitrogens is 2. The molecular formula is C63H37F3N4. The molecule has 0 unspecified atom stereocenters. The highest BCUT2D eigenvalue weighted by atomic mass is 19.4. The Bertz CT molecular complexity index is 3690. The smallest absolute Gasteiger partial charge is 0.309 e. The van der Waals surface area contributed by atoms with Crippen molar-refractivity contribution in [1.82, 2.24) is 9.13 Å². The van der Waals surface area contributed by atoms with Crippen LogP contribution in [0.3, 0.4) is 0 Å². The van der Waals surface area contributed by atoms with Gasteiger partial charge in [0.05, 0.1) is 51.6 Å². The molecule has 12 rings (SSSR count). The summed E-state index contributed by atoms with van der Waals surface area (Å²) in [4.78, 5) is 3.81. The van der Waals surface area contributed by atoms with E-state index < -0.39 is 11.7 Å². The molecule has 0 N–H and O–H groups in total. The molecule has 2 heterocycles. The third kappa shape index (κ3) is 7.08. The molecule has 0 saturated heterocycles. The van der Waals surface area contributed by atoms with Gasteiger partial charge in [-0.15, -0.1) is 0 Å². The Balaban J connectivity index is 1.23. The van der Waals surface area contributed by atoms with Gasteiger partial charge in [0.1, 0.15) is 0 Å². The van der Waals surface area contributed by atoms with Crippen LogP contribution in [0.25, 0.3) is 115 Å². The molecule has 70 heavy (non-hydrogen) atoms. The van der Waals surface area contributed by atoms with Gasteiger partial charge < -0.3 is 9.13 Å². The SMILES string of the molecule is [C-]#[N+]c1cc(C(F)(F)F)ccc1-c1c(-n2c3ccc(-c4ccccc4)cc3c3cc(-c4ccccc4)ccc32)cc(C#N)cc1-n1c2ccc(-c3ccccc3)cc2c2cc(-c3ccccc3)ccc21. The minimum Gasteiger partial charge on any atom is -0.309 e. The van der Waals surface area contributed by atoms with Crippen molar-refractivity contribution < 1.29 is 13.2 Å². The Kier molecular flexibility index (Phi) is 10.0. The Morgan fingerprint density at radius 3 is 1.04 bits per heavy atom. The molecule has 0 bridgehead atoms. The fourth-order valence-corrected chi connectivity index (χ4v) is 10.1. The van der Waals surface area contributed by atoms with E-state index >= 15 is 0 Å². The molecule has 4 nitrogen and oxygen atoms in total. The van der Waals surface area contributed by atoms with E-state index in [-0.39, 0.29) is 5.69 Å². The number of benzene rings is 10. The van der Waals surface area contributed by atoms with E-state index in [2.05, 4.69) is 141 Å². The molecule has 0 aliphatic heterocycles. The van der Waals surface area contributed by atoms with Crippen LogP contribution in [0, 0.1) is 17.9 Å². The highest BCUT2D eigenvalue weighted by Gasteiger charge is 2.32. The minimum atomic E-state index is -4.69. The van der Waals surface area contributed by atoms with Gasteiger partial charge in [0.15, 0.2) is 5.69 Å². The van der Waals surface area contributed by atoms with Crippen LogP contribution in [0.1, 0.15) is 11.1 Å². The predicted octanol–water partition coefficient (Wildman–Crippen LogP) is 17.7. The summed E-state index contributed by atoms with van der Waals surface area (Å²) in [5, 5.41) is 14.8. The molecule has 2 aromatic heterocycles. The summed E-state index contributed by atoms with van der Waals surface area (Å²) in [6, 6.07) is 75.3. The summed E-state index contributed by atoms with van der Waals surface area (Å²) in [6.45, 7) is 8.44. The molecule has 0 aliphatic carbocycles. The molecule has 0 saturated carbocycles. The van der Waals surface area contributed by atoms with Crippen LogP contribution in [-0.2, 0) is 6.18 Å². The van der Waals surface area contributed by atoms with E-state index in [1.54, 1.807) is 12.1 Å². The molecule has 10 aromatic carbocycles. The molecule has 0 spiro atoms. The Morgan fingerprint density at radius 2 is 0.743 bits per heavy atom. The van der Waals surface area contributed by atoms with Gasteiger partial charge in [-0.1, -0.05) is 158 Å². The summed E-state index contributed by atoms with van der Waals surface area (Å²) in [7, 11) is 0. The maximum Gasteiger partial charge on any atom is 0.415 e. The number of fused-ring (bicyclic) bond motifs is 6. The first-order valence-corrected chi connectivity index (χ1v) is 22.8. The minimum absolute atomic E-state index is 0.168. The van der Waals surface area contributed by atoms with Crippen LogP contribution in [0.2, 0.25) is 0 Å². The molecule has 0 fully saturated rings. The lowest BCUT2D eigenvalue weighted by molar-refractivity contribution is -0.137. The van der Waals surface area contributed by atoms with Crippen molar-refractivity contribution in [2.45, 2.75) is 6.18 Å². The summed E-state index contributed by atoms with van der Waals surface area (Å²) in [5.41, 5.74) is 12.6. The van der Waals surface area contributed by atoms with Crippen LogP contribution in [0.15, 0.2) is 224 Å². The largest absolute Gasteiger partial charge is 0.415 e. The standard InChI is InChI=1S/C63H37F3N4/c1-68-55-38-49(63(64,65)66)26-27-50(55)62-60(69-56-28-22-45(41-14-6-2-7-15-41)34-51(56)52-35-46(23-29-57(52)69)42-16-8-3-9-17-42)32-40(39-67)33-61(62)70-58-30-24-47(43-18-10-4-11-19-43)36-53(58)54-37-48(25-31-59(54)70)44-20-12-5-13-21-44/h2-38H. The second-order valence-electron chi connectivity index (χ2n) is 17.4. The number of rotatable bonds is 7. The van der Waals surface area contributed by atoms with Crippen molar-refractivity contribution in [1.29, 1.82) is 5.26 Å². The number of nitrogens with zero attached hydrogens (tertiary/aromatic N) is 4. The van der Waals surface area contributed by atoms with E-state index in [1.807, 2.05) is 72.8 Å². The Morgan fingerprint density at radius 1 is 0.400 bits per heavy atom. The summed E-state index contributed by atoms with van der Waals surface area (Å²) >= 11 is 0. The average Bonchev–Trinajstić information content (AvgIpc) is 3.92. The maximum absolute atomic E-state index is 14.5. The highest BCUT2D eigenvalue weighted by molar-refractivity contribution is 6.14. The van der Waals surface area contributed by atoms with Gasteiger partial charge in [0.2, 0.25) is 0 Å². The lowest BCUT2D eigenvalue weighted by Crippen LogP contribution is -2.07. The topological polar surface area (TPSA) is 38.0 Å². The number of hydrogen-bond donors (Lipinski definition) is 0. The molecule has 330 valence electrons. The number of halogens is 3. The molecule has 0 aliphatic rings. The molecule has 7 heteroatoms. The van der Waals surface area contributed by atoms with E-state index in [4.69, 9.17) is 6.57 Å². The molecular weight excluding hydrogens is 870 g/mol. The van der Waals surface area contributed by atoms with Crippen molar-refractivity contribution in [3.63, 3.8) is 0 Å². The Labute approximate surface area is 401 Å². The van der Waals surface area contributed by atoms with Crippen molar-refractivity contribution in [2.75, 3.05) is 0 Å². The molecule has 0 atom stereocenters. The van der Waals surface area contributed by atoms with Crippen molar-refractivity contribution >= 4 is 49.3 Å². The predicted molar refractivity (Wildman–Crippen MR) is 278 cm³/mol. The first kappa shape index (κ1) is 42.0. The first-order chi connectivity index (χ1) is 34.2. The fraction of sp³-hybridized carbons (Fsp3) is 0.0159. The van der Waals surface area contributed by atoms with Crippen molar-refractivity contribution in [3.05, 3.63) is 247 Å². The normalized spacial score (nSPS) is 11.6. The van der Waals surface area contributed by atoms with Crippen molar-refractivity contribution in [3.8, 4) is 73.1 Å². The van der Waals surface area contributed by atoms with Gasteiger partial charge in [-0.3, -0.25) is 0 Å². The summed E-state index contributed by atoms with van der Waals surface area (Å²) in [5.74, 6) is 0. The lowest BCUT2D eigenvalue weighted by Gasteiger charge is -2.22. The van der Waals surface area contributed by atoms with Gasteiger partial charge in [0, 0.05) is 32.7 Å². The number of alkyl halides is 3. The van der Waals surface area contributed by atoms with Crippen molar-refractivity contribution in [2.24, 2.45) is 0 Å². The van der Waals surface area contributed by atoms with Crippen LogP contribution in [0.5, 0.6) is 0 Å². The average molecular weight is 907 g/mol. The Hall–Kier alpha value is -9.43. The monoisotopic (exact) mass is 906 g/mol. The van der Waals surface area contributed by atoms with E-state index in [9.17, 15) is 18.4 Å². The van der Waals surface area contributed by atoms with Gasteiger partial charge in [-0.05, 0) is 117 Å². The first-order valence-electron chi connectivity index (χ1n) is 22.8. The fourth-order valence-electron chi connectivity index (χ4n) is 10.1. The van der Waals surface area contributed by atoms with Crippen LogP contribution in [-0.4, -0.2) is 9.13 Å². The zero-order valence-electron chi connectivity index (χ0n) is 37.3. The zero-order chi connectivity index (χ0) is 47.5. The van der Waals surface area contributed by atoms with E-state index in [0.717, 1.165) is 100 Å². The van der Waals surface area contributed by atoms with Crippen LogP contribution < -0.4 is 0 Å². The summed E-state index contributed by atoms with van der Waals surface area (Å²) in [6.07, 6.45) is -4.69. The quantitative estimate of drug-likeness (QED) is 0.147. The maximum atomic E-state index is 14.5.